The average Bonchev–Trinajstić information content (AvgIpc) is 3.00. The molecule has 245 valence electrons. The fourth-order valence-electron chi connectivity index (χ4n) is 4.03. The molecule has 46 heavy (non-hydrogen) atoms. The van der Waals surface area contributed by atoms with Crippen LogP contribution < -0.4 is 0 Å². The van der Waals surface area contributed by atoms with Gasteiger partial charge in [-0.25, -0.2) is 0 Å². The van der Waals surface area contributed by atoms with Gasteiger partial charge in [0.25, 0.3) is 0 Å². The third-order valence-corrected chi connectivity index (χ3v) is 7.20. The molecule has 0 aromatic heterocycles. The first-order chi connectivity index (χ1) is 21.1. The van der Waals surface area contributed by atoms with Crippen molar-refractivity contribution in [3.63, 3.8) is 0 Å². The standard InChI is InChI=1S/5C8H10O.Nb/c5*1-6-4-3-5-7(2)8(6)9;/h5*3-5,9H,1-2H3;. The van der Waals surface area contributed by atoms with Gasteiger partial charge in [0, 0.05) is 22.4 Å². The summed E-state index contributed by atoms with van der Waals surface area (Å²) in [7, 11) is 0. The van der Waals surface area contributed by atoms with Crippen LogP contribution in [0.25, 0.3) is 0 Å². The maximum Gasteiger partial charge on any atom is 0.121 e. The number of phenolic OH excluding ortho intramolecular Hbond substituents is 5. The Hall–Kier alpha value is -4.16. The first-order valence-electron chi connectivity index (χ1n) is 14.8. The van der Waals surface area contributed by atoms with Crippen LogP contribution in [0.2, 0.25) is 0 Å². The van der Waals surface area contributed by atoms with Crippen LogP contribution in [0.1, 0.15) is 55.6 Å². The van der Waals surface area contributed by atoms with E-state index < -0.39 is 0 Å². The van der Waals surface area contributed by atoms with Crippen LogP contribution in [0.15, 0.2) is 91.0 Å². The Bertz CT molecular complexity index is 1270. The molecular weight excluding hydrogens is 653 g/mol. The van der Waals surface area contributed by atoms with Gasteiger partial charge in [-0.1, -0.05) is 91.0 Å². The van der Waals surface area contributed by atoms with Crippen LogP contribution in [-0.2, 0) is 22.4 Å². The third-order valence-electron chi connectivity index (χ3n) is 7.20. The number of para-hydroxylation sites is 5. The van der Waals surface area contributed by atoms with Crippen LogP contribution in [-0.4, -0.2) is 25.5 Å². The first-order valence-corrected chi connectivity index (χ1v) is 14.8. The Morgan fingerprint density at radius 3 is 0.391 bits per heavy atom. The zero-order chi connectivity index (χ0) is 34.3. The van der Waals surface area contributed by atoms with E-state index in [0.29, 0.717) is 28.7 Å². The van der Waals surface area contributed by atoms with Gasteiger partial charge in [0.1, 0.15) is 28.7 Å². The number of rotatable bonds is 0. The Balaban J connectivity index is 0.000000547. The predicted octanol–water partition coefficient (Wildman–Crippen LogP) is 10.0. The molecule has 5 rings (SSSR count). The second-order valence-electron chi connectivity index (χ2n) is 11.2. The van der Waals surface area contributed by atoms with Gasteiger partial charge < -0.3 is 25.5 Å². The fraction of sp³-hybridized carbons (Fsp3) is 0.250. The third kappa shape index (κ3) is 13.9. The normalized spacial score (nSPS) is 9.35. The topological polar surface area (TPSA) is 101 Å². The van der Waals surface area contributed by atoms with Crippen LogP contribution >= 0.6 is 0 Å². The van der Waals surface area contributed by atoms with E-state index >= 15 is 0 Å². The van der Waals surface area contributed by atoms with Crippen LogP contribution in [0.5, 0.6) is 28.7 Å². The molecule has 0 spiro atoms. The zero-order valence-corrected chi connectivity index (χ0v) is 31.0. The summed E-state index contributed by atoms with van der Waals surface area (Å²) in [5, 5.41) is 46.0. The van der Waals surface area contributed by atoms with Gasteiger partial charge in [0.2, 0.25) is 0 Å². The van der Waals surface area contributed by atoms with Crippen molar-refractivity contribution in [2.45, 2.75) is 69.2 Å². The fourth-order valence-corrected chi connectivity index (χ4v) is 4.03. The van der Waals surface area contributed by atoms with Crippen molar-refractivity contribution in [3.05, 3.63) is 147 Å². The summed E-state index contributed by atoms with van der Waals surface area (Å²) in [6.07, 6.45) is 0. The van der Waals surface area contributed by atoms with Crippen molar-refractivity contribution in [2.24, 2.45) is 0 Å². The quantitative estimate of drug-likeness (QED) is 0.103. The summed E-state index contributed by atoms with van der Waals surface area (Å²) in [5.74, 6) is 2.07. The van der Waals surface area contributed by atoms with E-state index in [1.54, 1.807) is 0 Å². The molecule has 5 N–H and O–H groups in total. The summed E-state index contributed by atoms with van der Waals surface area (Å²) in [4.78, 5) is 0. The molecule has 6 heteroatoms. The monoisotopic (exact) mass is 703 g/mol. The second-order valence-corrected chi connectivity index (χ2v) is 11.2. The molecule has 0 saturated heterocycles. The minimum Gasteiger partial charge on any atom is -0.507 e. The summed E-state index contributed by atoms with van der Waals surface area (Å²) < 4.78 is 0. The molecule has 0 fully saturated rings. The SMILES string of the molecule is Cc1cccc(C)c1O.Cc1cccc(C)c1O.Cc1cccc(C)c1O.Cc1cccc(C)c1O.Cc1cccc(C)c1O.[Nb]. The Morgan fingerprint density at radius 1 is 0.239 bits per heavy atom. The molecule has 0 aliphatic heterocycles. The van der Waals surface area contributed by atoms with Gasteiger partial charge in [-0.2, -0.15) is 0 Å². The molecule has 0 aliphatic rings. The number of benzene rings is 5. The second kappa shape index (κ2) is 20.8. The number of hydrogen-bond donors (Lipinski definition) is 5. The Kier molecular flexibility index (Phi) is 18.9. The van der Waals surface area contributed by atoms with E-state index in [2.05, 4.69) is 0 Å². The Morgan fingerprint density at radius 2 is 0.326 bits per heavy atom. The van der Waals surface area contributed by atoms with Crippen molar-refractivity contribution >= 4 is 0 Å². The molecule has 0 amide bonds. The predicted molar refractivity (Wildman–Crippen MR) is 188 cm³/mol. The molecule has 5 aromatic carbocycles. The van der Waals surface area contributed by atoms with Gasteiger partial charge in [-0.3, -0.25) is 0 Å². The van der Waals surface area contributed by atoms with Crippen molar-refractivity contribution in [2.75, 3.05) is 0 Å². The molecule has 1 radical (unpaired) electrons. The first kappa shape index (κ1) is 41.8. The van der Waals surface area contributed by atoms with Crippen LogP contribution in [0, 0.1) is 69.2 Å². The minimum atomic E-state index is 0. The number of aromatic hydroxyl groups is 5. The van der Waals surface area contributed by atoms with E-state index in [-0.39, 0.29) is 22.4 Å². The molecule has 5 nitrogen and oxygen atoms in total. The number of aryl methyl sites for hydroxylation is 10. The summed E-state index contributed by atoms with van der Waals surface area (Å²) in [5.41, 5.74) is 9.40. The summed E-state index contributed by atoms with van der Waals surface area (Å²) >= 11 is 0. The van der Waals surface area contributed by atoms with Gasteiger partial charge in [-0.15, -0.1) is 0 Å². The van der Waals surface area contributed by atoms with E-state index in [0.717, 1.165) is 55.6 Å². The number of hydrogen-bond acceptors (Lipinski definition) is 5. The van der Waals surface area contributed by atoms with Gasteiger partial charge in [0.05, 0.1) is 0 Å². The number of phenols is 5. The Labute approximate surface area is 291 Å². The molecule has 0 aliphatic carbocycles. The largest absolute Gasteiger partial charge is 0.507 e. The minimum absolute atomic E-state index is 0. The van der Waals surface area contributed by atoms with Crippen molar-refractivity contribution in [1.29, 1.82) is 0 Å². The van der Waals surface area contributed by atoms with E-state index in [1.165, 1.54) is 0 Å². The van der Waals surface area contributed by atoms with Crippen molar-refractivity contribution in [1.82, 2.24) is 0 Å². The maximum absolute atomic E-state index is 9.21. The molecular formula is C40H50NbO5. The summed E-state index contributed by atoms with van der Waals surface area (Å²) in [6, 6.07) is 28.6. The van der Waals surface area contributed by atoms with Crippen molar-refractivity contribution < 1.29 is 47.9 Å². The zero-order valence-electron chi connectivity index (χ0n) is 28.8. The van der Waals surface area contributed by atoms with Crippen LogP contribution in [0.3, 0.4) is 0 Å². The van der Waals surface area contributed by atoms with Gasteiger partial charge in [-0.05, 0) is 125 Å². The summed E-state index contributed by atoms with van der Waals surface area (Å²) in [6.45, 7) is 18.9. The molecule has 5 aromatic rings. The van der Waals surface area contributed by atoms with E-state index in [9.17, 15) is 25.5 Å². The maximum atomic E-state index is 9.21. The molecule has 0 unspecified atom stereocenters. The van der Waals surface area contributed by atoms with E-state index in [4.69, 9.17) is 0 Å². The van der Waals surface area contributed by atoms with E-state index in [1.807, 2.05) is 160 Å². The molecule has 0 heterocycles. The van der Waals surface area contributed by atoms with Crippen LogP contribution in [0.4, 0.5) is 0 Å². The molecule has 0 saturated carbocycles. The molecule has 0 bridgehead atoms. The van der Waals surface area contributed by atoms with Gasteiger partial charge >= 0.3 is 0 Å². The van der Waals surface area contributed by atoms with Crippen molar-refractivity contribution in [3.8, 4) is 28.7 Å². The average molecular weight is 704 g/mol. The molecule has 0 atom stereocenters. The van der Waals surface area contributed by atoms with Gasteiger partial charge in [0.15, 0.2) is 0 Å². The smallest absolute Gasteiger partial charge is 0.121 e.